The van der Waals surface area contributed by atoms with Crippen LogP contribution in [0.2, 0.25) is 5.02 Å². The lowest BCUT2D eigenvalue weighted by atomic mass is 9.85. The molecule has 0 aromatic heterocycles. The number of likely N-dealkylation sites (tertiary alicyclic amines) is 1. The smallest absolute Gasteiger partial charge is 0.0540 e. The van der Waals surface area contributed by atoms with Crippen LogP contribution in [0.3, 0.4) is 0 Å². The molecular weight excluding hydrogens is 398 g/mol. The van der Waals surface area contributed by atoms with Gasteiger partial charge in [-0.25, -0.2) is 0 Å². The van der Waals surface area contributed by atoms with Gasteiger partial charge < -0.3 is 10.0 Å². The molecule has 0 atom stereocenters. The van der Waals surface area contributed by atoms with Gasteiger partial charge in [0, 0.05) is 34.4 Å². The van der Waals surface area contributed by atoms with Crippen LogP contribution in [0.1, 0.15) is 49.7 Å². The van der Waals surface area contributed by atoms with Crippen molar-refractivity contribution < 1.29 is 5.11 Å². The van der Waals surface area contributed by atoms with Crippen LogP contribution in [0.15, 0.2) is 57.8 Å². The van der Waals surface area contributed by atoms with Gasteiger partial charge in [0.05, 0.1) is 6.10 Å². The Morgan fingerprint density at radius 1 is 0.931 bits per heavy atom. The van der Waals surface area contributed by atoms with Crippen molar-refractivity contribution in [2.45, 2.75) is 54.4 Å². The lowest BCUT2D eigenvalue weighted by Crippen LogP contribution is -2.36. The molecule has 29 heavy (non-hydrogen) atoms. The first-order valence-electron chi connectivity index (χ1n) is 10.9. The highest BCUT2D eigenvalue weighted by Gasteiger charge is 2.27. The molecule has 2 heterocycles. The second-order valence-corrected chi connectivity index (χ2v) is 10.2. The standard InChI is InChI=1S/C25H28ClNOS/c26-19-7-10-24-22(15-19)25(21-3-1-2-4-23(21)29-24)18-11-13-27(14-12-18)16-17-5-8-20(28)9-6-17/h1-4,7,10,15,17,20,28H,5-6,8-9,11-14,16H2. The third-order valence-corrected chi connectivity index (χ3v) is 8.12. The summed E-state index contributed by atoms with van der Waals surface area (Å²) in [6.45, 7) is 3.48. The fourth-order valence-electron chi connectivity index (χ4n) is 5.14. The second kappa shape index (κ2) is 8.47. The monoisotopic (exact) mass is 425 g/mol. The minimum atomic E-state index is -0.0555. The number of hydrogen-bond donors (Lipinski definition) is 1. The minimum absolute atomic E-state index is 0.0555. The number of fused-ring (bicyclic) bond motifs is 2. The van der Waals surface area contributed by atoms with Gasteiger partial charge >= 0.3 is 0 Å². The highest BCUT2D eigenvalue weighted by atomic mass is 35.5. The Hall–Kier alpha value is -1.26. The zero-order valence-corrected chi connectivity index (χ0v) is 18.3. The van der Waals surface area contributed by atoms with E-state index in [1.807, 2.05) is 17.8 Å². The van der Waals surface area contributed by atoms with E-state index in [4.69, 9.17) is 11.6 Å². The lowest BCUT2D eigenvalue weighted by Gasteiger charge is -2.35. The van der Waals surface area contributed by atoms with E-state index in [0.29, 0.717) is 0 Å². The summed E-state index contributed by atoms with van der Waals surface area (Å²) in [6.07, 6.45) is 6.55. The quantitative estimate of drug-likeness (QED) is 0.524. The van der Waals surface area contributed by atoms with E-state index in [1.165, 1.54) is 45.9 Å². The largest absolute Gasteiger partial charge is 0.393 e. The number of hydrogen-bond acceptors (Lipinski definition) is 3. The third-order valence-electron chi connectivity index (χ3n) is 6.73. The molecule has 2 fully saturated rings. The number of rotatable bonds is 2. The summed E-state index contributed by atoms with van der Waals surface area (Å²) in [5.74, 6) is 0.763. The predicted octanol–water partition coefficient (Wildman–Crippen LogP) is 6.25. The van der Waals surface area contributed by atoms with Crippen LogP contribution in [0, 0.1) is 5.92 Å². The molecule has 2 aromatic carbocycles. The molecule has 0 spiro atoms. The van der Waals surface area contributed by atoms with Crippen molar-refractivity contribution in [1.29, 1.82) is 0 Å². The number of piperidine rings is 1. The summed E-state index contributed by atoms with van der Waals surface area (Å²) in [5.41, 5.74) is 5.69. The lowest BCUT2D eigenvalue weighted by molar-refractivity contribution is 0.0923. The van der Waals surface area contributed by atoms with Crippen molar-refractivity contribution >= 4 is 28.9 Å². The molecule has 0 amide bonds. The van der Waals surface area contributed by atoms with E-state index in [9.17, 15) is 5.11 Å². The summed E-state index contributed by atoms with van der Waals surface area (Å²) >= 11 is 8.25. The van der Waals surface area contributed by atoms with Crippen LogP contribution >= 0.6 is 23.4 Å². The van der Waals surface area contributed by atoms with Crippen molar-refractivity contribution in [1.82, 2.24) is 4.90 Å². The first-order chi connectivity index (χ1) is 14.2. The van der Waals surface area contributed by atoms with Gasteiger partial charge in [-0.2, -0.15) is 0 Å². The highest BCUT2D eigenvalue weighted by Crippen LogP contribution is 2.48. The van der Waals surface area contributed by atoms with Crippen molar-refractivity contribution in [2.24, 2.45) is 5.92 Å². The van der Waals surface area contributed by atoms with E-state index < -0.39 is 0 Å². The molecule has 152 valence electrons. The molecule has 0 bridgehead atoms. The Balaban J connectivity index is 1.39. The van der Waals surface area contributed by atoms with Crippen molar-refractivity contribution in [2.75, 3.05) is 19.6 Å². The van der Waals surface area contributed by atoms with Gasteiger partial charge in [-0.15, -0.1) is 0 Å². The molecule has 1 N–H and O–H groups in total. The van der Waals surface area contributed by atoms with Gasteiger partial charge in [0.25, 0.3) is 0 Å². The Labute approximate surface area is 183 Å². The third kappa shape index (κ3) is 4.16. The van der Waals surface area contributed by atoms with Gasteiger partial charge in [-0.1, -0.05) is 47.1 Å². The molecule has 0 radical (unpaired) electrons. The predicted molar refractivity (Wildman–Crippen MR) is 122 cm³/mol. The van der Waals surface area contributed by atoms with Gasteiger partial charge in [0.2, 0.25) is 0 Å². The molecule has 0 unspecified atom stereocenters. The summed E-state index contributed by atoms with van der Waals surface area (Å²) in [7, 11) is 0. The summed E-state index contributed by atoms with van der Waals surface area (Å²) in [5, 5.41) is 10.6. The van der Waals surface area contributed by atoms with Gasteiger partial charge in [0.15, 0.2) is 0 Å². The maximum atomic E-state index is 9.76. The zero-order chi connectivity index (χ0) is 19.8. The Morgan fingerprint density at radius 3 is 2.45 bits per heavy atom. The van der Waals surface area contributed by atoms with E-state index in [2.05, 4.69) is 41.3 Å². The molecule has 2 nitrogen and oxygen atoms in total. The molecule has 1 aliphatic carbocycles. The number of nitrogens with zero attached hydrogens (tertiary/aromatic N) is 1. The molecule has 2 aromatic rings. The number of benzene rings is 2. The first kappa shape index (κ1) is 19.7. The van der Waals surface area contributed by atoms with Crippen LogP contribution in [0.25, 0.3) is 5.57 Å². The SMILES string of the molecule is OC1CCC(CN2CCC(=C3c4ccccc4Sc4ccc(Cl)cc43)CC2)CC1. The average molecular weight is 426 g/mol. The van der Waals surface area contributed by atoms with Crippen molar-refractivity contribution in [3.63, 3.8) is 0 Å². The van der Waals surface area contributed by atoms with Crippen LogP contribution in [-0.2, 0) is 0 Å². The molecular formula is C25H28ClNOS. The molecule has 2 aliphatic heterocycles. The summed E-state index contributed by atoms with van der Waals surface area (Å²) in [4.78, 5) is 5.32. The fraction of sp³-hybridized carbons (Fsp3) is 0.440. The fourth-order valence-corrected chi connectivity index (χ4v) is 6.38. The topological polar surface area (TPSA) is 23.5 Å². The van der Waals surface area contributed by atoms with E-state index >= 15 is 0 Å². The van der Waals surface area contributed by atoms with Crippen LogP contribution in [0.4, 0.5) is 0 Å². The maximum Gasteiger partial charge on any atom is 0.0540 e. The minimum Gasteiger partial charge on any atom is -0.393 e. The van der Waals surface area contributed by atoms with Crippen molar-refractivity contribution in [3.8, 4) is 0 Å². The molecule has 3 aliphatic rings. The van der Waals surface area contributed by atoms with Crippen molar-refractivity contribution in [3.05, 3.63) is 64.2 Å². The molecule has 1 saturated heterocycles. The first-order valence-corrected chi connectivity index (χ1v) is 12.1. The van der Waals surface area contributed by atoms with E-state index in [1.54, 1.807) is 5.57 Å². The number of halogens is 1. The van der Waals surface area contributed by atoms with Gasteiger partial charge in [-0.3, -0.25) is 0 Å². The van der Waals surface area contributed by atoms with Gasteiger partial charge in [0.1, 0.15) is 0 Å². The van der Waals surface area contributed by atoms with Crippen LogP contribution in [0.5, 0.6) is 0 Å². The average Bonchev–Trinajstić information content (AvgIpc) is 2.74. The van der Waals surface area contributed by atoms with Crippen LogP contribution in [-0.4, -0.2) is 35.7 Å². The molecule has 5 rings (SSSR count). The Kier molecular flexibility index (Phi) is 5.75. The Morgan fingerprint density at radius 2 is 1.66 bits per heavy atom. The maximum absolute atomic E-state index is 9.76. The number of aliphatic hydroxyl groups is 1. The van der Waals surface area contributed by atoms with Crippen LogP contribution < -0.4 is 0 Å². The normalized spacial score (nSPS) is 24.9. The number of aliphatic hydroxyl groups excluding tert-OH is 1. The highest BCUT2D eigenvalue weighted by molar-refractivity contribution is 7.99. The molecule has 1 saturated carbocycles. The molecule has 4 heteroatoms. The van der Waals surface area contributed by atoms with E-state index in [-0.39, 0.29) is 6.10 Å². The van der Waals surface area contributed by atoms with Gasteiger partial charge in [-0.05, 0) is 85.4 Å². The summed E-state index contributed by atoms with van der Waals surface area (Å²) in [6, 6.07) is 15.1. The second-order valence-electron chi connectivity index (χ2n) is 8.69. The van der Waals surface area contributed by atoms with E-state index in [0.717, 1.165) is 49.7 Å². The zero-order valence-electron chi connectivity index (χ0n) is 16.7. The Bertz CT molecular complexity index is 922. The summed E-state index contributed by atoms with van der Waals surface area (Å²) < 4.78 is 0.